The first-order chi connectivity index (χ1) is 9.63. The lowest BCUT2D eigenvalue weighted by Crippen LogP contribution is -2.51. The second-order valence-corrected chi connectivity index (χ2v) is 6.34. The number of hydrogen-bond acceptors (Lipinski definition) is 5. The molecule has 0 unspecified atom stereocenters. The molecule has 3 heterocycles. The summed E-state index contributed by atoms with van der Waals surface area (Å²) in [5.41, 5.74) is 0.679. The van der Waals surface area contributed by atoms with E-state index in [1.54, 1.807) is 6.20 Å². The van der Waals surface area contributed by atoms with E-state index >= 15 is 0 Å². The van der Waals surface area contributed by atoms with Crippen LogP contribution in [0.5, 0.6) is 0 Å². The van der Waals surface area contributed by atoms with E-state index in [4.69, 9.17) is 4.42 Å². The maximum absolute atomic E-state index is 12.7. The van der Waals surface area contributed by atoms with Gasteiger partial charge >= 0.3 is 0 Å². The predicted molar refractivity (Wildman–Crippen MR) is 73.8 cm³/mol. The van der Waals surface area contributed by atoms with Crippen LogP contribution in [0, 0.1) is 12.3 Å². The van der Waals surface area contributed by atoms with Crippen molar-refractivity contribution in [3.8, 4) is 10.8 Å². The minimum atomic E-state index is -0.813. The van der Waals surface area contributed by atoms with Crippen LogP contribution in [0.3, 0.4) is 0 Å². The molecule has 0 aromatic carbocycles. The van der Waals surface area contributed by atoms with E-state index in [0.717, 1.165) is 16.9 Å². The van der Waals surface area contributed by atoms with E-state index in [1.165, 1.54) is 17.6 Å². The predicted octanol–water partition coefficient (Wildman–Crippen LogP) is 3.02. The number of rotatable bonds is 1. The summed E-state index contributed by atoms with van der Waals surface area (Å²) in [5, 5.41) is 3.52. The lowest BCUT2D eigenvalue weighted by Gasteiger charge is -2.41. The highest BCUT2D eigenvalue weighted by Crippen LogP contribution is 2.52. The Hall–Kier alpha value is -1.95. The molecule has 0 radical (unpaired) electrons. The third-order valence-electron chi connectivity index (χ3n) is 4.30. The van der Waals surface area contributed by atoms with Gasteiger partial charge in [0.1, 0.15) is 16.7 Å². The summed E-state index contributed by atoms with van der Waals surface area (Å²) in [5.74, 6) is 0.308. The summed E-state index contributed by atoms with van der Waals surface area (Å²) in [4.78, 5) is 29.9. The Kier molecular flexibility index (Phi) is 2.24. The van der Waals surface area contributed by atoms with Gasteiger partial charge in [0, 0.05) is 0 Å². The van der Waals surface area contributed by atoms with Gasteiger partial charge in [-0.3, -0.25) is 9.59 Å². The highest BCUT2D eigenvalue weighted by atomic mass is 32.1. The number of thiophene rings is 1. The van der Waals surface area contributed by atoms with Crippen LogP contribution in [0.25, 0.3) is 10.8 Å². The van der Waals surface area contributed by atoms with E-state index in [0.29, 0.717) is 29.3 Å². The van der Waals surface area contributed by atoms with Crippen LogP contribution >= 0.6 is 11.3 Å². The van der Waals surface area contributed by atoms with Crippen molar-refractivity contribution in [2.45, 2.75) is 26.2 Å². The first-order valence-corrected chi connectivity index (χ1v) is 7.35. The maximum Gasteiger partial charge on any atom is 0.239 e. The number of hydrogen-bond donors (Lipinski definition) is 1. The van der Waals surface area contributed by atoms with Gasteiger partial charge in [-0.1, -0.05) is 6.42 Å². The molecule has 2 aliphatic rings. The Bertz CT molecular complexity index is 726. The third kappa shape index (κ3) is 1.29. The molecule has 0 atom stereocenters. The summed E-state index contributed by atoms with van der Waals surface area (Å²) in [6.45, 7) is 1.89. The largest absolute Gasteiger partial charge is 0.444 e. The lowest BCUT2D eigenvalue weighted by atomic mass is 9.62. The molecular formula is C14H12N2O3S. The van der Waals surface area contributed by atoms with E-state index < -0.39 is 5.41 Å². The Labute approximate surface area is 119 Å². The lowest BCUT2D eigenvalue weighted by molar-refractivity contribution is -0.127. The van der Waals surface area contributed by atoms with Crippen LogP contribution < -0.4 is 5.32 Å². The Morgan fingerprint density at radius 2 is 2.20 bits per heavy atom. The van der Waals surface area contributed by atoms with Gasteiger partial charge in [-0.25, -0.2) is 4.98 Å². The fourth-order valence-corrected chi connectivity index (χ4v) is 4.10. The molecule has 1 spiro atoms. The number of anilines is 1. The summed E-state index contributed by atoms with van der Waals surface area (Å²) in [6.07, 6.45) is 5.31. The van der Waals surface area contributed by atoms with Crippen molar-refractivity contribution >= 4 is 28.0 Å². The number of nitrogens with one attached hydrogen (secondary N) is 1. The zero-order valence-corrected chi connectivity index (χ0v) is 11.7. The third-order valence-corrected chi connectivity index (χ3v) is 5.50. The molecular weight excluding hydrogens is 276 g/mol. The Morgan fingerprint density at radius 3 is 2.80 bits per heavy atom. The van der Waals surface area contributed by atoms with Crippen molar-refractivity contribution in [3.05, 3.63) is 23.6 Å². The van der Waals surface area contributed by atoms with Crippen molar-refractivity contribution in [1.82, 2.24) is 4.98 Å². The normalized spacial score (nSPS) is 19.6. The van der Waals surface area contributed by atoms with Crippen molar-refractivity contribution in [3.63, 3.8) is 0 Å². The molecule has 1 fully saturated rings. The highest BCUT2D eigenvalue weighted by Gasteiger charge is 2.55. The van der Waals surface area contributed by atoms with Crippen LogP contribution in [-0.4, -0.2) is 16.7 Å². The van der Waals surface area contributed by atoms with Crippen molar-refractivity contribution in [2.24, 2.45) is 5.41 Å². The smallest absolute Gasteiger partial charge is 0.239 e. The molecule has 1 saturated carbocycles. The van der Waals surface area contributed by atoms with Gasteiger partial charge in [-0.05, 0) is 25.3 Å². The van der Waals surface area contributed by atoms with E-state index in [-0.39, 0.29) is 11.7 Å². The van der Waals surface area contributed by atoms with Gasteiger partial charge in [-0.15, -0.1) is 11.3 Å². The molecule has 5 nitrogen and oxygen atoms in total. The van der Waals surface area contributed by atoms with Crippen LogP contribution in [0.1, 0.15) is 35.2 Å². The molecule has 4 rings (SSSR count). The second kappa shape index (κ2) is 3.79. The Balaban J connectivity index is 1.89. The maximum atomic E-state index is 12.7. The summed E-state index contributed by atoms with van der Waals surface area (Å²) in [6, 6.07) is 0. The van der Waals surface area contributed by atoms with Crippen LogP contribution in [0.4, 0.5) is 5.00 Å². The van der Waals surface area contributed by atoms with Crippen molar-refractivity contribution in [2.75, 3.05) is 5.32 Å². The quantitative estimate of drug-likeness (QED) is 0.819. The van der Waals surface area contributed by atoms with Crippen LogP contribution in [-0.2, 0) is 4.79 Å². The SMILES string of the molecule is Cc1c(-c2ncco2)sc2c1C(=O)C1(CCC1)C(=O)N2. The van der Waals surface area contributed by atoms with Crippen molar-refractivity contribution in [1.29, 1.82) is 0 Å². The Morgan fingerprint density at radius 1 is 1.40 bits per heavy atom. The van der Waals surface area contributed by atoms with Gasteiger partial charge < -0.3 is 9.73 Å². The first kappa shape index (κ1) is 11.8. The monoisotopic (exact) mass is 288 g/mol. The first-order valence-electron chi connectivity index (χ1n) is 6.53. The van der Waals surface area contributed by atoms with Crippen LogP contribution in [0.2, 0.25) is 0 Å². The molecule has 2 aromatic heterocycles. The molecule has 2 aromatic rings. The second-order valence-electron chi connectivity index (χ2n) is 5.32. The molecule has 1 amide bonds. The molecule has 6 heteroatoms. The van der Waals surface area contributed by atoms with Gasteiger partial charge in [0.15, 0.2) is 5.78 Å². The van der Waals surface area contributed by atoms with E-state index in [2.05, 4.69) is 10.3 Å². The number of Topliss-reactive ketones (excluding diaryl/α,β-unsaturated/α-hetero) is 1. The summed E-state index contributed by atoms with van der Waals surface area (Å²) in [7, 11) is 0. The fraction of sp³-hybridized carbons (Fsp3) is 0.357. The number of carbonyl (C=O) groups is 2. The molecule has 20 heavy (non-hydrogen) atoms. The fourth-order valence-electron chi connectivity index (χ4n) is 2.96. The average Bonchev–Trinajstić information content (AvgIpc) is 2.95. The minimum absolute atomic E-state index is 0.0333. The molecule has 1 N–H and O–H groups in total. The van der Waals surface area contributed by atoms with Crippen LogP contribution in [0.15, 0.2) is 16.9 Å². The van der Waals surface area contributed by atoms with E-state index in [1.807, 2.05) is 6.92 Å². The average molecular weight is 288 g/mol. The van der Waals surface area contributed by atoms with E-state index in [9.17, 15) is 9.59 Å². The number of fused-ring (bicyclic) bond motifs is 1. The molecule has 0 bridgehead atoms. The van der Waals surface area contributed by atoms with Crippen molar-refractivity contribution < 1.29 is 14.0 Å². The van der Waals surface area contributed by atoms with Gasteiger partial charge in [0.2, 0.25) is 11.8 Å². The van der Waals surface area contributed by atoms with Gasteiger partial charge in [0.25, 0.3) is 0 Å². The molecule has 0 saturated heterocycles. The number of ketones is 1. The molecule has 1 aliphatic carbocycles. The van der Waals surface area contributed by atoms with Gasteiger partial charge in [0.05, 0.1) is 16.6 Å². The summed E-state index contributed by atoms with van der Waals surface area (Å²) >= 11 is 1.35. The van der Waals surface area contributed by atoms with Gasteiger partial charge in [-0.2, -0.15) is 0 Å². The highest BCUT2D eigenvalue weighted by molar-refractivity contribution is 7.20. The number of amides is 1. The minimum Gasteiger partial charge on any atom is -0.444 e. The standard InChI is InChI=1S/C14H12N2O3S/c1-7-8-10(17)14(3-2-4-14)13(18)16-12(8)20-9(7)11-15-5-6-19-11/h5-6H,2-4H2,1H3,(H,16,18). The topological polar surface area (TPSA) is 72.2 Å². The number of aromatic nitrogens is 1. The number of oxazole rings is 1. The number of nitrogens with zero attached hydrogens (tertiary/aromatic N) is 1. The summed E-state index contributed by atoms with van der Waals surface area (Å²) < 4.78 is 5.31. The zero-order valence-electron chi connectivity index (χ0n) is 10.9. The molecule has 1 aliphatic heterocycles. The zero-order chi connectivity index (χ0) is 13.9. The molecule has 102 valence electrons. The number of carbonyl (C=O) groups excluding carboxylic acids is 2.